The van der Waals surface area contributed by atoms with E-state index < -0.39 is 30.6 Å². The maximum absolute atomic E-state index is 14.0. The molecule has 1 saturated carbocycles. The summed E-state index contributed by atoms with van der Waals surface area (Å²) in [4.78, 5) is 6.13. The van der Waals surface area contributed by atoms with Crippen molar-refractivity contribution in [3.05, 3.63) is 17.9 Å². The molecule has 2 aliphatic heterocycles. The summed E-state index contributed by atoms with van der Waals surface area (Å²) < 4.78 is 57.6. The third kappa shape index (κ3) is 3.31. The minimum Gasteiger partial charge on any atom is -0.393 e. The van der Waals surface area contributed by atoms with E-state index in [1.54, 1.807) is 0 Å². The van der Waals surface area contributed by atoms with E-state index in [1.165, 1.54) is 18.0 Å². The number of hydrogen-bond donors (Lipinski definition) is 2. The lowest BCUT2D eigenvalue weighted by Crippen LogP contribution is -2.52. The predicted molar refractivity (Wildman–Crippen MR) is 87.6 cm³/mol. The number of nitrogens with zero attached hydrogens (tertiary/aromatic N) is 2. The van der Waals surface area contributed by atoms with E-state index in [0.717, 1.165) is 29.6 Å². The highest BCUT2D eigenvalue weighted by molar-refractivity contribution is 7.98. The predicted octanol–water partition coefficient (Wildman–Crippen LogP) is 3.77. The number of rotatable bonds is 2. The van der Waals surface area contributed by atoms with Gasteiger partial charge in [-0.05, 0) is 43.3 Å². The quantitative estimate of drug-likeness (QED) is 0.610. The van der Waals surface area contributed by atoms with E-state index in [-0.39, 0.29) is 18.7 Å². The van der Waals surface area contributed by atoms with Crippen LogP contribution < -0.4 is 9.62 Å². The van der Waals surface area contributed by atoms with Gasteiger partial charge in [0, 0.05) is 18.9 Å². The van der Waals surface area contributed by atoms with Crippen molar-refractivity contribution in [2.75, 3.05) is 11.4 Å². The highest BCUT2D eigenvalue weighted by Gasteiger charge is 2.47. The Bertz CT molecular complexity index is 720. The first kappa shape index (κ1) is 17.0. The largest absolute Gasteiger partial charge is 0.408 e. The van der Waals surface area contributed by atoms with Crippen LogP contribution in [-0.4, -0.2) is 35.8 Å². The molecule has 136 valence electrons. The van der Waals surface area contributed by atoms with Crippen LogP contribution in [0.25, 0.3) is 0 Å². The van der Waals surface area contributed by atoms with E-state index in [0.29, 0.717) is 16.5 Å². The highest BCUT2D eigenvalue weighted by atomic mass is 32.2. The van der Waals surface area contributed by atoms with Gasteiger partial charge >= 0.3 is 6.18 Å². The molecule has 4 rings (SSSR count). The summed E-state index contributed by atoms with van der Waals surface area (Å²) in [6, 6.07) is 0.557. The Kier molecular flexibility index (Phi) is 4.10. The smallest absolute Gasteiger partial charge is 0.393 e. The lowest BCUT2D eigenvalue weighted by molar-refractivity contribution is -0.159. The second-order valence-corrected chi connectivity index (χ2v) is 7.52. The Balaban J connectivity index is 1.78. The average Bonchev–Trinajstić information content (AvgIpc) is 3.38. The number of piperidine rings is 1. The van der Waals surface area contributed by atoms with Crippen molar-refractivity contribution in [3.8, 4) is 0 Å². The molecule has 0 aromatic heterocycles. The zero-order valence-corrected chi connectivity index (χ0v) is 14.0. The fraction of sp³-hybridized carbons (Fsp3) is 0.562. The van der Waals surface area contributed by atoms with E-state index in [2.05, 4.69) is 9.71 Å². The minimum absolute atomic E-state index is 0.00755. The van der Waals surface area contributed by atoms with Gasteiger partial charge in [0.25, 0.3) is 0 Å². The maximum Gasteiger partial charge on any atom is 0.408 e. The Morgan fingerprint density at radius 1 is 1.24 bits per heavy atom. The van der Waals surface area contributed by atoms with Gasteiger partial charge in [-0.3, -0.25) is 0 Å². The maximum atomic E-state index is 14.0. The number of aliphatic imine (C=N–C) groups is 1. The van der Waals surface area contributed by atoms with Gasteiger partial charge in [0.2, 0.25) is 0 Å². The van der Waals surface area contributed by atoms with Gasteiger partial charge in [0.15, 0.2) is 0 Å². The van der Waals surface area contributed by atoms with Gasteiger partial charge < -0.3 is 14.7 Å². The van der Waals surface area contributed by atoms with Crippen LogP contribution in [0.1, 0.15) is 25.7 Å². The third-order valence-corrected chi connectivity index (χ3v) is 5.59. The van der Waals surface area contributed by atoms with E-state index in [9.17, 15) is 22.7 Å². The number of benzene rings is 1. The van der Waals surface area contributed by atoms with Crippen molar-refractivity contribution in [1.82, 2.24) is 4.72 Å². The van der Waals surface area contributed by atoms with Crippen LogP contribution in [-0.2, 0) is 0 Å². The second kappa shape index (κ2) is 6.05. The number of aliphatic hydroxyl groups excluding tert-OH is 1. The molecule has 1 aromatic carbocycles. The van der Waals surface area contributed by atoms with Crippen molar-refractivity contribution in [1.29, 1.82) is 0 Å². The number of alkyl halides is 3. The van der Waals surface area contributed by atoms with Gasteiger partial charge in [-0.1, -0.05) is 0 Å². The van der Waals surface area contributed by atoms with Crippen LogP contribution in [0.2, 0.25) is 0 Å². The number of amidine groups is 1. The summed E-state index contributed by atoms with van der Waals surface area (Å²) in [5, 5.41) is 9.68. The van der Waals surface area contributed by atoms with Gasteiger partial charge in [-0.25, -0.2) is 9.38 Å². The van der Waals surface area contributed by atoms with E-state index >= 15 is 0 Å². The van der Waals surface area contributed by atoms with Gasteiger partial charge in [-0.15, -0.1) is 0 Å². The summed E-state index contributed by atoms with van der Waals surface area (Å²) in [6.45, 7) is 0.00755. The summed E-state index contributed by atoms with van der Waals surface area (Å²) in [7, 11) is 0. The summed E-state index contributed by atoms with van der Waals surface area (Å²) in [6.07, 6.45) is -3.72. The van der Waals surface area contributed by atoms with Crippen molar-refractivity contribution >= 4 is 29.2 Å². The molecule has 4 nitrogen and oxygen atoms in total. The first-order valence-electron chi connectivity index (χ1n) is 8.19. The van der Waals surface area contributed by atoms with Crippen molar-refractivity contribution in [3.63, 3.8) is 0 Å². The molecule has 0 unspecified atom stereocenters. The molecule has 0 bridgehead atoms. The molecule has 2 atom stereocenters. The number of hydrogen-bond acceptors (Lipinski definition) is 5. The molecular weight excluding hydrogens is 358 g/mol. The van der Waals surface area contributed by atoms with Crippen LogP contribution in [0.5, 0.6) is 0 Å². The number of nitrogens with one attached hydrogen (secondary N) is 1. The van der Waals surface area contributed by atoms with E-state index in [4.69, 9.17) is 0 Å². The molecule has 2 fully saturated rings. The first-order chi connectivity index (χ1) is 11.8. The molecule has 25 heavy (non-hydrogen) atoms. The highest BCUT2D eigenvalue weighted by Crippen LogP contribution is 2.46. The monoisotopic (exact) mass is 375 g/mol. The topological polar surface area (TPSA) is 47.9 Å². The van der Waals surface area contributed by atoms with Gasteiger partial charge in [0.05, 0.1) is 16.7 Å². The fourth-order valence-corrected chi connectivity index (χ4v) is 4.14. The second-order valence-electron chi connectivity index (χ2n) is 6.68. The normalized spacial score (nSPS) is 26.8. The standard InChI is InChI=1S/C16H17F4N3OS/c17-9-5-11(23-4-3-10(24)7-13(23)16(18,19)20)14-12(6-9)25-22-15(21-14)8-1-2-8/h5-6,8,10,13,24H,1-4,7H2,(H,21,22)/t10-,13-/m0/s1. The van der Waals surface area contributed by atoms with Crippen LogP contribution in [0, 0.1) is 11.7 Å². The molecule has 0 amide bonds. The molecule has 2 N–H and O–H groups in total. The number of halogens is 4. The zero-order valence-electron chi connectivity index (χ0n) is 13.2. The van der Waals surface area contributed by atoms with Crippen LogP contribution in [0.15, 0.2) is 22.0 Å². The first-order valence-corrected chi connectivity index (χ1v) is 9.01. The van der Waals surface area contributed by atoms with E-state index in [1.807, 2.05) is 0 Å². The minimum atomic E-state index is -4.51. The molecule has 0 spiro atoms. The lowest BCUT2D eigenvalue weighted by Gasteiger charge is -2.41. The van der Waals surface area contributed by atoms with Crippen molar-refractivity contribution in [2.24, 2.45) is 10.9 Å². The molecule has 3 aliphatic rings. The van der Waals surface area contributed by atoms with Crippen LogP contribution in [0.4, 0.5) is 28.9 Å². The Morgan fingerprint density at radius 3 is 2.68 bits per heavy atom. The number of fused-ring (bicyclic) bond motifs is 1. The average molecular weight is 375 g/mol. The molecule has 1 aliphatic carbocycles. The zero-order chi connectivity index (χ0) is 17.8. The summed E-state index contributed by atoms with van der Waals surface area (Å²) in [5.41, 5.74) is 0.536. The lowest BCUT2D eigenvalue weighted by atomic mass is 9.97. The molecule has 0 radical (unpaired) electrons. The molecular formula is C16H17F4N3OS. The SMILES string of the molecule is O[C@H]1CCN(c2cc(F)cc3c2N=C(C2CC2)NS3)[C@H](C(F)(F)F)C1. The van der Waals surface area contributed by atoms with Gasteiger partial charge in [-0.2, -0.15) is 13.2 Å². The Hall–Kier alpha value is -1.48. The Labute approximate surface area is 146 Å². The van der Waals surface area contributed by atoms with Gasteiger partial charge in [0.1, 0.15) is 23.4 Å². The van der Waals surface area contributed by atoms with Crippen molar-refractivity contribution < 1.29 is 22.7 Å². The van der Waals surface area contributed by atoms with Crippen LogP contribution in [0.3, 0.4) is 0 Å². The fourth-order valence-electron chi connectivity index (χ4n) is 3.30. The molecule has 9 heteroatoms. The third-order valence-electron chi connectivity index (χ3n) is 4.74. The van der Waals surface area contributed by atoms with Crippen molar-refractivity contribution in [2.45, 2.75) is 48.9 Å². The number of aliphatic hydroxyl groups is 1. The summed E-state index contributed by atoms with van der Waals surface area (Å²) >= 11 is 1.19. The molecule has 2 heterocycles. The molecule has 1 aromatic rings. The molecule has 1 saturated heterocycles. The summed E-state index contributed by atoms with van der Waals surface area (Å²) in [5.74, 6) is 0.450. The number of anilines is 1. The Morgan fingerprint density at radius 2 is 2.00 bits per heavy atom. The van der Waals surface area contributed by atoms with Crippen LogP contribution >= 0.6 is 11.9 Å².